The van der Waals surface area contributed by atoms with Gasteiger partial charge in [-0.1, -0.05) is 19.3 Å². The number of aliphatic imine (C=N–C) groups is 1. The summed E-state index contributed by atoms with van der Waals surface area (Å²) in [6.07, 6.45) is 9.18. The van der Waals surface area contributed by atoms with E-state index in [1.165, 1.54) is 38.5 Å². The fourth-order valence-electron chi connectivity index (χ4n) is 2.87. The Kier molecular flexibility index (Phi) is 7.15. The van der Waals surface area contributed by atoms with Crippen LogP contribution in [0.25, 0.3) is 0 Å². The highest BCUT2D eigenvalue weighted by molar-refractivity contribution is 5.79. The molecule has 1 aliphatic carbocycles. The third-order valence-corrected chi connectivity index (χ3v) is 4.04. The summed E-state index contributed by atoms with van der Waals surface area (Å²) in [5, 5.41) is 6.81. The van der Waals surface area contributed by atoms with E-state index < -0.39 is 0 Å². The van der Waals surface area contributed by atoms with Gasteiger partial charge in [0.15, 0.2) is 5.96 Å². The van der Waals surface area contributed by atoms with Crippen molar-refractivity contribution in [2.45, 2.75) is 57.1 Å². The first-order chi connectivity index (χ1) is 9.88. The Morgan fingerprint density at radius 3 is 2.75 bits per heavy atom. The molecule has 0 radical (unpaired) electrons. The van der Waals surface area contributed by atoms with E-state index in [1.54, 1.807) is 0 Å². The molecule has 2 N–H and O–H groups in total. The molecule has 0 bridgehead atoms. The SMILES string of the molecule is CN=C(NCCOCC1CCCO1)NC1CCCCC1. The highest BCUT2D eigenvalue weighted by Gasteiger charge is 2.15. The van der Waals surface area contributed by atoms with Crippen LogP contribution in [0.3, 0.4) is 0 Å². The molecule has 1 unspecified atom stereocenters. The molecular weight excluding hydrogens is 254 g/mol. The summed E-state index contributed by atoms with van der Waals surface area (Å²) in [7, 11) is 1.82. The summed E-state index contributed by atoms with van der Waals surface area (Å²) >= 11 is 0. The predicted octanol–water partition coefficient (Wildman–Crippen LogP) is 1.68. The first-order valence-corrected chi connectivity index (χ1v) is 8.05. The van der Waals surface area contributed by atoms with E-state index in [1.807, 2.05) is 7.05 Å². The molecule has 2 aliphatic rings. The number of hydrogen-bond acceptors (Lipinski definition) is 3. The second-order valence-corrected chi connectivity index (χ2v) is 5.69. The minimum Gasteiger partial charge on any atom is -0.377 e. The first-order valence-electron chi connectivity index (χ1n) is 8.05. The van der Waals surface area contributed by atoms with Gasteiger partial charge in [-0.15, -0.1) is 0 Å². The van der Waals surface area contributed by atoms with Crippen molar-refractivity contribution in [3.8, 4) is 0 Å². The monoisotopic (exact) mass is 283 g/mol. The van der Waals surface area contributed by atoms with Gasteiger partial charge in [-0.05, 0) is 25.7 Å². The van der Waals surface area contributed by atoms with Crippen LogP contribution in [0.15, 0.2) is 4.99 Å². The van der Waals surface area contributed by atoms with Crippen molar-refractivity contribution >= 4 is 5.96 Å². The molecule has 2 fully saturated rings. The van der Waals surface area contributed by atoms with Crippen LogP contribution in [-0.4, -0.2) is 51.5 Å². The normalized spacial score (nSPS) is 24.9. The largest absolute Gasteiger partial charge is 0.377 e. The van der Waals surface area contributed by atoms with Gasteiger partial charge in [-0.3, -0.25) is 4.99 Å². The average Bonchev–Trinajstić information content (AvgIpc) is 3.00. The predicted molar refractivity (Wildman–Crippen MR) is 81.2 cm³/mol. The van der Waals surface area contributed by atoms with E-state index in [0.29, 0.717) is 18.8 Å². The van der Waals surface area contributed by atoms with Crippen LogP contribution >= 0.6 is 0 Å². The maximum absolute atomic E-state index is 5.63. The summed E-state index contributed by atoms with van der Waals surface area (Å²) in [6, 6.07) is 0.586. The fraction of sp³-hybridized carbons (Fsp3) is 0.933. The summed E-state index contributed by atoms with van der Waals surface area (Å²) in [6.45, 7) is 3.10. The van der Waals surface area contributed by atoms with Crippen LogP contribution in [0, 0.1) is 0 Å². The number of nitrogens with one attached hydrogen (secondary N) is 2. The molecule has 5 heteroatoms. The van der Waals surface area contributed by atoms with E-state index >= 15 is 0 Å². The Hall–Kier alpha value is -0.810. The third-order valence-electron chi connectivity index (χ3n) is 4.04. The van der Waals surface area contributed by atoms with E-state index in [4.69, 9.17) is 9.47 Å². The lowest BCUT2D eigenvalue weighted by Crippen LogP contribution is -2.45. The van der Waals surface area contributed by atoms with Gasteiger partial charge in [-0.2, -0.15) is 0 Å². The second-order valence-electron chi connectivity index (χ2n) is 5.69. The number of guanidine groups is 1. The molecule has 0 aromatic rings. The Balaban J connectivity index is 1.52. The third kappa shape index (κ3) is 5.67. The van der Waals surface area contributed by atoms with Crippen LogP contribution < -0.4 is 10.6 Å². The second kappa shape index (κ2) is 9.19. The Morgan fingerprint density at radius 1 is 1.20 bits per heavy atom. The lowest BCUT2D eigenvalue weighted by molar-refractivity contribution is 0.0191. The maximum atomic E-state index is 5.63. The highest BCUT2D eigenvalue weighted by Crippen LogP contribution is 2.17. The van der Waals surface area contributed by atoms with Gasteiger partial charge < -0.3 is 20.1 Å². The quantitative estimate of drug-likeness (QED) is 0.442. The molecule has 2 rings (SSSR count). The van der Waals surface area contributed by atoms with Crippen molar-refractivity contribution in [3.63, 3.8) is 0 Å². The van der Waals surface area contributed by atoms with Crippen molar-refractivity contribution in [1.82, 2.24) is 10.6 Å². The molecule has 1 aliphatic heterocycles. The molecule has 20 heavy (non-hydrogen) atoms. The molecule has 1 saturated carbocycles. The molecule has 5 nitrogen and oxygen atoms in total. The zero-order chi connectivity index (χ0) is 14.0. The van der Waals surface area contributed by atoms with Crippen molar-refractivity contribution in [2.75, 3.05) is 33.4 Å². The van der Waals surface area contributed by atoms with Gasteiger partial charge in [0.2, 0.25) is 0 Å². The summed E-state index contributed by atoms with van der Waals surface area (Å²) in [5.74, 6) is 0.901. The van der Waals surface area contributed by atoms with Gasteiger partial charge in [0, 0.05) is 26.2 Å². The van der Waals surface area contributed by atoms with Gasteiger partial charge in [-0.25, -0.2) is 0 Å². The number of ether oxygens (including phenoxy) is 2. The summed E-state index contributed by atoms with van der Waals surface area (Å²) < 4.78 is 11.2. The number of rotatable bonds is 6. The standard InChI is InChI=1S/C15H29N3O2/c1-16-15(18-13-6-3-2-4-7-13)17-9-11-19-12-14-8-5-10-20-14/h13-14H,2-12H2,1H3,(H2,16,17,18). The van der Waals surface area contributed by atoms with Crippen molar-refractivity contribution in [3.05, 3.63) is 0 Å². The molecular formula is C15H29N3O2. The molecule has 116 valence electrons. The minimum absolute atomic E-state index is 0.315. The smallest absolute Gasteiger partial charge is 0.191 e. The van der Waals surface area contributed by atoms with Crippen molar-refractivity contribution in [2.24, 2.45) is 4.99 Å². The van der Waals surface area contributed by atoms with E-state index in [-0.39, 0.29) is 0 Å². The highest BCUT2D eigenvalue weighted by atomic mass is 16.5. The molecule has 1 saturated heterocycles. The summed E-state index contributed by atoms with van der Waals surface area (Å²) in [4.78, 5) is 4.27. The van der Waals surface area contributed by atoms with Crippen LogP contribution in [-0.2, 0) is 9.47 Å². The zero-order valence-corrected chi connectivity index (χ0v) is 12.7. The molecule has 1 heterocycles. The lowest BCUT2D eigenvalue weighted by atomic mass is 9.96. The number of hydrogen-bond donors (Lipinski definition) is 2. The van der Waals surface area contributed by atoms with Crippen LogP contribution in [0.2, 0.25) is 0 Å². The van der Waals surface area contributed by atoms with Gasteiger partial charge in [0.1, 0.15) is 0 Å². The maximum Gasteiger partial charge on any atom is 0.191 e. The van der Waals surface area contributed by atoms with Crippen molar-refractivity contribution < 1.29 is 9.47 Å². The van der Waals surface area contributed by atoms with Gasteiger partial charge >= 0.3 is 0 Å². The molecule has 1 atom stereocenters. The van der Waals surface area contributed by atoms with E-state index in [9.17, 15) is 0 Å². The lowest BCUT2D eigenvalue weighted by Gasteiger charge is -2.24. The van der Waals surface area contributed by atoms with E-state index in [0.717, 1.165) is 32.1 Å². The van der Waals surface area contributed by atoms with Crippen molar-refractivity contribution in [1.29, 1.82) is 0 Å². The Bertz CT molecular complexity index is 285. The van der Waals surface area contributed by atoms with Crippen LogP contribution in [0.5, 0.6) is 0 Å². The topological polar surface area (TPSA) is 54.9 Å². The van der Waals surface area contributed by atoms with E-state index in [2.05, 4.69) is 15.6 Å². The van der Waals surface area contributed by atoms with Crippen LogP contribution in [0.1, 0.15) is 44.9 Å². The molecule has 0 amide bonds. The van der Waals surface area contributed by atoms with Gasteiger partial charge in [0.05, 0.1) is 19.3 Å². The molecule has 0 aromatic heterocycles. The molecule has 0 aromatic carbocycles. The van der Waals surface area contributed by atoms with Gasteiger partial charge in [0.25, 0.3) is 0 Å². The average molecular weight is 283 g/mol. The first kappa shape index (κ1) is 15.6. The summed E-state index contributed by atoms with van der Waals surface area (Å²) in [5.41, 5.74) is 0. The minimum atomic E-state index is 0.315. The Morgan fingerprint density at radius 2 is 2.05 bits per heavy atom. The fourth-order valence-corrected chi connectivity index (χ4v) is 2.87. The zero-order valence-electron chi connectivity index (χ0n) is 12.7. The Labute approximate surface area is 122 Å². The molecule has 0 spiro atoms. The van der Waals surface area contributed by atoms with Crippen LogP contribution in [0.4, 0.5) is 0 Å². The number of nitrogens with zero attached hydrogens (tertiary/aromatic N) is 1.